The van der Waals surface area contributed by atoms with Gasteiger partial charge in [-0.1, -0.05) is 33.1 Å². The first-order valence-corrected chi connectivity index (χ1v) is 8.93. The molecule has 0 amide bonds. The zero-order valence-corrected chi connectivity index (χ0v) is 13.7. The fraction of sp³-hybridized carbons (Fsp3) is 1.00. The maximum absolute atomic E-state index is 6.04. The average Bonchev–Trinajstić information content (AvgIpc) is 2.89. The molecule has 3 aliphatic rings. The summed E-state index contributed by atoms with van der Waals surface area (Å²) < 4.78 is 6.04. The van der Waals surface area contributed by atoms with Gasteiger partial charge in [0, 0.05) is 24.1 Å². The molecule has 0 aliphatic heterocycles. The fourth-order valence-electron chi connectivity index (χ4n) is 5.25. The molecule has 1 N–H and O–H groups in total. The molecule has 116 valence electrons. The second kappa shape index (κ2) is 5.61. The summed E-state index contributed by atoms with van der Waals surface area (Å²) in [5, 5.41) is 4.05. The molecule has 3 saturated carbocycles. The highest BCUT2D eigenvalue weighted by Crippen LogP contribution is 2.55. The first-order chi connectivity index (χ1) is 9.56. The summed E-state index contributed by atoms with van der Waals surface area (Å²) in [6, 6.07) is 1.49. The standard InChI is InChI=1S/C18H33NO/c1-4-20-16-12-15(18(16)10-5-6-11-18)19-14-8-7-9-17(2,3)13-14/h14-16,19H,4-13H2,1-3H3. The first-order valence-electron chi connectivity index (χ1n) is 8.93. The quantitative estimate of drug-likeness (QED) is 0.829. The third-order valence-corrected chi connectivity index (χ3v) is 6.33. The van der Waals surface area contributed by atoms with E-state index in [1.807, 2.05) is 0 Å². The monoisotopic (exact) mass is 279 g/mol. The van der Waals surface area contributed by atoms with Crippen molar-refractivity contribution in [3.8, 4) is 0 Å². The highest BCUT2D eigenvalue weighted by Gasteiger charge is 2.56. The Kier molecular flexibility index (Phi) is 4.16. The van der Waals surface area contributed by atoms with E-state index < -0.39 is 0 Å². The molecule has 0 aromatic rings. The van der Waals surface area contributed by atoms with Gasteiger partial charge in [0.05, 0.1) is 6.10 Å². The predicted molar refractivity (Wildman–Crippen MR) is 83.9 cm³/mol. The van der Waals surface area contributed by atoms with Crippen molar-refractivity contribution in [2.45, 2.75) is 96.7 Å². The van der Waals surface area contributed by atoms with Gasteiger partial charge < -0.3 is 10.1 Å². The van der Waals surface area contributed by atoms with Gasteiger partial charge in [0.15, 0.2) is 0 Å². The fourth-order valence-corrected chi connectivity index (χ4v) is 5.25. The molecule has 0 bridgehead atoms. The molecular weight excluding hydrogens is 246 g/mol. The molecule has 3 unspecified atom stereocenters. The van der Waals surface area contributed by atoms with Gasteiger partial charge in [0.25, 0.3) is 0 Å². The molecule has 0 aromatic carbocycles. The normalized spacial score (nSPS) is 38.9. The third-order valence-electron chi connectivity index (χ3n) is 6.33. The number of hydrogen-bond donors (Lipinski definition) is 1. The molecule has 0 aromatic heterocycles. The Morgan fingerprint density at radius 3 is 2.50 bits per heavy atom. The lowest BCUT2D eigenvalue weighted by Gasteiger charge is -2.56. The van der Waals surface area contributed by atoms with Gasteiger partial charge >= 0.3 is 0 Å². The van der Waals surface area contributed by atoms with Crippen molar-refractivity contribution >= 4 is 0 Å². The van der Waals surface area contributed by atoms with E-state index in [1.54, 1.807) is 0 Å². The van der Waals surface area contributed by atoms with Crippen LogP contribution in [0.4, 0.5) is 0 Å². The Morgan fingerprint density at radius 1 is 1.10 bits per heavy atom. The van der Waals surface area contributed by atoms with Gasteiger partial charge in [-0.15, -0.1) is 0 Å². The van der Waals surface area contributed by atoms with Crippen LogP contribution >= 0.6 is 0 Å². The molecule has 3 rings (SSSR count). The summed E-state index contributed by atoms with van der Waals surface area (Å²) in [5.74, 6) is 0. The van der Waals surface area contributed by atoms with Gasteiger partial charge in [0.2, 0.25) is 0 Å². The van der Waals surface area contributed by atoms with Crippen LogP contribution < -0.4 is 5.32 Å². The summed E-state index contributed by atoms with van der Waals surface area (Å²) in [6.07, 6.45) is 13.0. The summed E-state index contributed by atoms with van der Waals surface area (Å²) in [6.45, 7) is 7.91. The largest absolute Gasteiger partial charge is 0.378 e. The number of hydrogen-bond acceptors (Lipinski definition) is 2. The minimum absolute atomic E-state index is 0.498. The van der Waals surface area contributed by atoms with Crippen LogP contribution in [0.5, 0.6) is 0 Å². The highest BCUT2D eigenvalue weighted by molar-refractivity contribution is 5.10. The smallest absolute Gasteiger partial charge is 0.0661 e. The van der Waals surface area contributed by atoms with Crippen molar-refractivity contribution in [2.75, 3.05) is 6.61 Å². The van der Waals surface area contributed by atoms with E-state index in [1.165, 1.54) is 57.8 Å². The van der Waals surface area contributed by atoms with E-state index in [4.69, 9.17) is 4.74 Å². The van der Waals surface area contributed by atoms with Crippen LogP contribution in [0.25, 0.3) is 0 Å². The number of rotatable bonds is 4. The summed E-state index contributed by atoms with van der Waals surface area (Å²) >= 11 is 0. The van der Waals surface area contributed by atoms with Crippen molar-refractivity contribution in [3.63, 3.8) is 0 Å². The minimum atomic E-state index is 0.498. The van der Waals surface area contributed by atoms with Gasteiger partial charge in [-0.2, -0.15) is 0 Å². The van der Waals surface area contributed by atoms with Crippen LogP contribution in [0, 0.1) is 10.8 Å². The van der Waals surface area contributed by atoms with Crippen LogP contribution in [0.2, 0.25) is 0 Å². The molecule has 2 nitrogen and oxygen atoms in total. The Morgan fingerprint density at radius 2 is 1.85 bits per heavy atom. The van der Waals surface area contributed by atoms with Crippen LogP contribution in [0.1, 0.15) is 78.6 Å². The molecule has 3 fully saturated rings. The molecule has 2 heteroatoms. The molecule has 0 heterocycles. The SMILES string of the molecule is CCOC1CC(NC2CCCC(C)(C)C2)C12CCCC2. The van der Waals surface area contributed by atoms with Crippen LogP contribution in [0.3, 0.4) is 0 Å². The molecule has 1 spiro atoms. The van der Waals surface area contributed by atoms with Gasteiger partial charge in [-0.3, -0.25) is 0 Å². The average molecular weight is 279 g/mol. The van der Waals surface area contributed by atoms with Gasteiger partial charge in [0.1, 0.15) is 0 Å². The van der Waals surface area contributed by atoms with E-state index in [0.717, 1.165) is 18.7 Å². The second-order valence-corrected chi connectivity index (χ2v) is 8.30. The molecule has 20 heavy (non-hydrogen) atoms. The molecule has 0 saturated heterocycles. The lowest BCUT2D eigenvalue weighted by atomic mass is 9.60. The predicted octanol–water partition coefficient (Wildman–Crippen LogP) is 4.28. The minimum Gasteiger partial charge on any atom is -0.378 e. The third kappa shape index (κ3) is 2.66. The summed E-state index contributed by atoms with van der Waals surface area (Å²) in [7, 11) is 0. The number of ether oxygens (including phenoxy) is 1. The maximum atomic E-state index is 6.04. The van der Waals surface area contributed by atoms with E-state index >= 15 is 0 Å². The Balaban J connectivity index is 1.60. The summed E-state index contributed by atoms with van der Waals surface area (Å²) in [5.41, 5.74) is 1.04. The van der Waals surface area contributed by atoms with Crippen molar-refractivity contribution in [1.29, 1.82) is 0 Å². The molecule has 3 aliphatic carbocycles. The van der Waals surface area contributed by atoms with Crippen molar-refractivity contribution in [2.24, 2.45) is 10.8 Å². The van der Waals surface area contributed by atoms with Crippen LogP contribution in [-0.2, 0) is 4.74 Å². The number of nitrogens with one attached hydrogen (secondary N) is 1. The Labute approximate surface area is 125 Å². The zero-order chi connectivity index (χ0) is 14.2. The topological polar surface area (TPSA) is 21.3 Å². The van der Waals surface area contributed by atoms with E-state index in [0.29, 0.717) is 16.9 Å². The Bertz CT molecular complexity index is 332. The van der Waals surface area contributed by atoms with Crippen molar-refractivity contribution in [3.05, 3.63) is 0 Å². The van der Waals surface area contributed by atoms with E-state index in [-0.39, 0.29) is 0 Å². The van der Waals surface area contributed by atoms with E-state index in [2.05, 4.69) is 26.1 Å². The van der Waals surface area contributed by atoms with Crippen LogP contribution in [0.15, 0.2) is 0 Å². The second-order valence-electron chi connectivity index (χ2n) is 8.30. The van der Waals surface area contributed by atoms with Crippen molar-refractivity contribution < 1.29 is 4.74 Å². The van der Waals surface area contributed by atoms with Crippen LogP contribution in [-0.4, -0.2) is 24.8 Å². The lowest BCUT2D eigenvalue weighted by molar-refractivity contribution is -0.134. The van der Waals surface area contributed by atoms with Gasteiger partial charge in [-0.25, -0.2) is 0 Å². The lowest BCUT2D eigenvalue weighted by Crippen LogP contribution is -2.64. The summed E-state index contributed by atoms with van der Waals surface area (Å²) in [4.78, 5) is 0. The first kappa shape index (κ1) is 14.8. The Hall–Kier alpha value is -0.0800. The van der Waals surface area contributed by atoms with Crippen molar-refractivity contribution in [1.82, 2.24) is 5.32 Å². The highest BCUT2D eigenvalue weighted by atomic mass is 16.5. The van der Waals surface area contributed by atoms with E-state index in [9.17, 15) is 0 Å². The van der Waals surface area contributed by atoms with Gasteiger partial charge in [-0.05, 0) is 50.9 Å². The zero-order valence-electron chi connectivity index (χ0n) is 13.7. The molecule has 3 atom stereocenters. The molecular formula is C18H33NO. The molecule has 0 radical (unpaired) electrons. The maximum Gasteiger partial charge on any atom is 0.0661 e.